The Labute approximate surface area is 147 Å². The van der Waals surface area contributed by atoms with Crippen LogP contribution in [0.3, 0.4) is 0 Å². The topological polar surface area (TPSA) is 25.2 Å². The first-order valence-corrected chi connectivity index (χ1v) is 8.95. The largest absolute Gasteiger partial charge is 0.342 e. The Hall–Kier alpha value is -1.91. The lowest BCUT2D eigenvalue weighted by atomic mass is 9.89. The van der Waals surface area contributed by atoms with E-state index in [4.69, 9.17) is 0 Å². The minimum absolute atomic E-state index is 0.276. The number of hydrogen-bond donors (Lipinski definition) is 0. The second-order valence-electron chi connectivity index (χ2n) is 7.36. The summed E-state index contributed by atoms with van der Waals surface area (Å²) in [5.41, 5.74) is 3.77. The number of benzene rings is 1. The lowest BCUT2D eigenvalue weighted by molar-refractivity contribution is -0.156. The number of halogens is 2. The number of para-hydroxylation sites is 1. The number of alkyl halides is 2. The van der Waals surface area contributed by atoms with Crippen molar-refractivity contribution in [1.29, 1.82) is 0 Å². The van der Waals surface area contributed by atoms with Gasteiger partial charge in [-0.05, 0) is 51.2 Å². The highest BCUT2D eigenvalue weighted by Crippen LogP contribution is 2.35. The van der Waals surface area contributed by atoms with Crippen molar-refractivity contribution in [3.05, 3.63) is 35.5 Å². The molecule has 0 bridgehead atoms. The summed E-state index contributed by atoms with van der Waals surface area (Å²) in [7, 11) is 0. The number of carbonyl (C=O) groups excluding carboxylic acids is 1. The predicted molar refractivity (Wildman–Crippen MR) is 96.0 cm³/mol. The van der Waals surface area contributed by atoms with Crippen LogP contribution in [0.2, 0.25) is 0 Å². The molecule has 0 radical (unpaired) electrons. The van der Waals surface area contributed by atoms with Crippen LogP contribution in [0.15, 0.2) is 24.3 Å². The average molecular weight is 348 g/mol. The average Bonchev–Trinajstić information content (AvgIpc) is 2.84. The van der Waals surface area contributed by atoms with Gasteiger partial charge in [-0.2, -0.15) is 8.78 Å². The van der Waals surface area contributed by atoms with Gasteiger partial charge in [0.15, 0.2) is 0 Å². The molecule has 0 aliphatic carbocycles. The standard InChI is InChI=1S/C20H26F2N2O/c1-13-14(2)24(18-8-6-5-7-17(13)18)15(3)16-9-11-23(12-10-16)19(25)20(4,21)22/h5-8,15-16H,9-12H2,1-4H3/t15-/m1/s1. The van der Waals surface area contributed by atoms with E-state index in [0.29, 0.717) is 25.9 Å². The summed E-state index contributed by atoms with van der Waals surface area (Å²) in [6.07, 6.45) is 1.52. The zero-order valence-electron chi connectivity index (χ0n) is 15.4. The van der Waals surface area contributed by atoms with E-state index in [1.807, 2.05) is 0 Å². The van der Waals surface area contributed by atoms with E-state index < -0.39 is 11.8 Å². The van der Waals surface area contributed by atoms with Crippen LogP contribution in [-0.4, -0.2) is 34.4 Å². The number of hydrogen-bond acceptors (Lipinski definition) is 1. The first kappa shape index (κ1) is 17.9. The number of carbonyl (C=O) groups is 1. The summed E-state index contributed by atoms with van der Waals surface area (Å²) in [6, 6.07) is 8.67. The van der Waals surface area contributed by atoms with E-state index in [0.717, 1.165) is 12.8 Å². The number of nitrogens with zero attached hydrogens (tertiary/aromatic N) is 2. The molecular formula is C20H26F2N2O. The Bertz CT molecular complexity index is 783. The Balaban J connectivity index is 1.79. The monoisotopic (exact) mass is 348 g/mol. The Morgan fingerprint density at radius 3 is 2.40 bits per heavy atom. The number of aryl methyl sites for hydroxylation is 1. The van der Waals surface area contributed by atoms with E-state index in [9.17, 15) is 13.6 Å². The maximum Gasteiger partial charge on any atom is 0.322 e. The molecule has 2 heterocycles. The van der Waals surface area contributed by atoms with Crippen molar-refractivity contribution in [2.45, 2.75) is 52.5 Å². The third-order valence-electron chi connectivity index (χ3n) is 5.76. The maximum atomic E-state index is 13.3. The zero-order valence-corrected chi connectivity index (χ0v) is 15.4. The van der Waals surface area contributed by atoms with Gasteiger partial charge < -0.3 is 9.47 Å². The van der Waals surface area contributed by atoms with Gasteiger partial charge in [0.2, 0.25) is 0 Å². The smallest absolute Gasteiger partial charge is 0.322 e. The van der Waals surface area contributed by atoms with Gasteiger partial charge in [-0.15, -0.1) is 0 Å². The molecule has 0 spiro atoms. The van der Waals surface area contributed by atoms with E-state index in [1.54, 1.807) is 0 Å². The highest BCUT2D eigenvalue weighted by atomic mass is 19.3. The molecular weight excluding hydrogens is 322 g/mol. The molecule has 0 saturated carbocycles. The summed E-state index contributed by atoms with van der Waals surface area (Å²) < 4.78 is 28.9. The van der Waals surface area contributed by atoms with Gasteiger partial charge in [-0.1, -0.05) is 18.2 Å². The first-order chi connectivity index (χ1) is 11.7. The molecule has 0 unspecified atom stereocenters. The fraction of sp³-hybridized carbons (Fsp3) is 0.550. The van der Waals surface area contributed by atoms with E-state index in [-0.39, 0.29) is 6.04 Å². The fourth-order valence-electron chi connectivity index (χ4n) is 4.16. The molecule has 1 aliphatic rings. The lowest BCUT2D eigenvalue weighted by Gasteiger charge is -2.37. The predicted octanol–water partition coefficient (Wildman–Crippen LogP) is 4.71. The highest BCUT2D eigenvalue weighted by molar-refractivity contribution is 5.85. The van der Waals surface area contributed by atoms with E-state index in [1.165, 1.54) is 27.1 Å². The molecule has 1 fully saturated rings. The molecule has 1 aromatic carbocycles. The van der Waals surface area contributed by atoms with Crippen molar-refractivity contribution < 1.29 is 13.6 Å². The SMILES string of the molecule is Cc1c(C)n([C@H](C)C2CCN(C(=O)C(C)(F)F)CC2)c2ccccc12. The van der Waals surface area contributed by atoms with Crippen molar-refractivity contribution in [3.8, 4) is 0 Å². The summed E-state index contributed by atoms with van der Waals surface area (Å²) in [4.78, 5) is 13.1. The van der Waals surface area contributed by atoms with E-state index >= 15 is 0 Å². The highest BCUT2D eigenvalue weighted by Gasteiger charge is 2.38. The second kappa shape index (κ2) is 6.43. The van der Waals surface area contributed by atoms with Crippen LogP contribution in [0.5, 0.6) is 0 Å². The van der Waals surface area contributed by atoms with Gasteiger partial charge in [0.05, 0.1) is 0 Å². The summed E-state index contributed by atoms with van der Waals surface area (Å²) in [6.45, 7) is 7.99. The number of likely N-dealkylation sites (tertiary alicyclic amines) is 1. The molecule has 1 aliphatic heterocycles. The van der Waals surface area contributed by atoms with Crippen LogP contribution in [0.4, 0.5) is 8.78 Å². The minimum Gasteiger partial charge on any atom is -0.342 e. The summed E-state index contributed by atoms with van der Waals surface area (Å²) >= 11 is 0. The van der Waals surface area contributed by atoms with Gasteiger partial charge >= 0.3 is 5.92 Å². The van der Waals surface area contributed by atoms with Gasteiger partial charge in [-0.3, -0.25) is 4.79 Å². The number of aromatic nitrogens is 1. The molecule has 3 nitrogen and oxygen atoms in total. The summed E-state index contributed by atoms with van der Waals surface area (Å²) in [5.74, 6) is -3.94. The van der Waals surface area contributed by atoms with E-state index in [2.05, 4.69) is 49.6 Å². The van der Waals surface area contributed by atoms with Crippen molar-refractivity contribution in [3.63, 3.8) is 0 Å². The van der Waals surface area contributed by atoms with Gasteiger partial charge in [0, 0.05) is 42.7 Å². The quantitative estimate of drug-likeness (QED) is 0.788. The van der Waals surface area contributed by atoms with Gasteiger partial charge in [0.1, 0.15) is 0 Å². The number of fused-ring (bicyclic) bond motifs is 1. The molecule has 136 valence electrons. The Morgan fingerprint density at radius 2 is 1.80 bits per heavy atom. The molecule has 1 aromatic heterocycles. The number of piperidine rings is 1. The first-order valence-electron chi connectivity index (χ1n) is 8.95. The van der Waals surface area contributed by atoms with Crippen LogP contribution in [0.1, 0.15) is 44.0 Å². The number of amides is 1. The second-order valence-corrected chi connectivity index (χ2v) is 7.36. The lowest BCUT2D eigenvalue weighted by Crippen LogP contribution is -2.46. The van der Waals surface area contributed by atoms with Crippen LogP contribution < -0.4 is 0 Å². The molecule has 2 aromatic rings. The van der Waals surface area contributed by atoms with Gasteiger partial charge in [-0.25, -0.2) is 0 Å². The third-order valence-corrected chi connectivity index (χ3v) is 5.76. The van der Waals surface area contributed by atoms with Crippen molar-refractivity contribution in [2.75, 3.05) is 13.1 Å². The molecule has 1 saturated heterocycles. The van der Waals surface area contributed by atoms with Crippen LogP contribution in [-0.2, 0) is 4.79 Å². The molecule has 25 heavy (non-hydrogen) atoms. The summed E-state index contributed by atoms with van der Waals surface area (Å²) in [5, 5.41) is 1.27. The fourth-order valence-corrected chi connectivity index (χ4v) is 4.16. The van der Waals surface area contributed by atoms with Crippen LogP contribution in [0.25, 0.3) is 10.9 Å². The molecule has 5 heteroatoms. The van der Waals surface area contributed by atoms with Crippen molar-refractivity contribution >= 4 is 16.8 Å². The van der Waals surface area contributed by atoms with Crippen molar-refractivity contribution in [2.24, 2.45) is 5.92 Å². The minimum atomic E-state index is -3.28. The van der Waals surface area contributed by atoms with Crippen molar-refractivity contribution in [1.82, 2.24) is 9.47 Å². The molecule has 3 rings (SSSR count). The molecule has 0 N–H and O–H groups in total. The Morgan fingerprint density at radius 1 is 1.20 bits per heavy atom. The molecule has 1 atom stereocenters. The number of rotatable bonds is 3. The maximum absolute atomic E-state index is 13.3. The normalized spacial score (nSPS) is 17.9. The molecule has 1 amide bonds. The Kier molecular flexibility index (Phi) is 4.60. The zero-order chi connectivity index (χ0) is 18.4. The van der Waals surface area contributed by atoms with Crippen LogP contribution in [0, 0.1) is 19.8 Å². The third kappa shape index (κ3) is 3.16. The van der Waals surface area contributed by atoms with Crippen LogP contribution >= 0.6 is 0 Å². The van der Waals surface area contributed by atoms with Gasteiger partial charge in [0.25, 0.3) is 5.91 Å².